The molecule has 2 amide bonds. The summed E-state index contributed by atoms with van der Waals surface area (Å²) in [5.74, 6) is -2.92. The molecule has 0 aliphatic rings. The van der Waals surface area contributed by atoms with Gasteiger partial charge in [0, 0.05) is 18.7 Å². The molecule has 0 saturated heterocycles. The van der Waals surface area contributed by atoms with Crippen LogP contribution >= 0.6 is 23.2 Å². The third-order valence-electron chi connectivity index (χ3n) is 4.48. The molecule has 3 aromatic rings. The standard InChI is InChI=1S/C16H8Cl2F7NO2.C8H9NO/c17-8-6-12(28-16(24,25)14(20)15(21,22)23)9(18)5-11(8)26-13(27)7-3-1-2-4-10(7)19;1-9-8(10)7-5-3-2-4-6-7/h1-6,14H,(H,26,27);2-6H,1H3,(H,9,10). The first kappa shape index (κ1) is 30.7. The zero-order valence-electron chi connectivity index (χ0n) is 19.1. The summed E-state index contributed by atoms with van der Waals surface area (Å²) in [5, 5.41) is 3.50. The second kappa shape index (κ2) is 12.8. The van der Waals surface area contributed by atoms with Gasteiger partial charge in [-0.1, -0.05) is 53.5 Å². The molecule has 204 valence electrons. The maximum atomic E-state index is 13.6. The van der Waals surface area contributed by atoms with Gasteiger partial charge in [0.25, 0.3) is 18.0 Å². The van der Waals surface area contributed by atoms with E-state index in [2.05, 4.69) is 15.4 Å². The van der Waals surface area contributed by atoms with Crippen molar-refractivity contribution < 1.29 is 45.1 Å². The molecule has 0 saturated carbocycles. The predicted molar refractivity (Wildman–Crippen MR) is 127 cm³/mol. The van der Waals surface area contributed by atoms with Crippen LogP contribution in [0.3, 0.4) is 0 Å². The van der Waals surface area contributed by atoms with Gasteiger partial charge in [-0.2, -0.15) is 22.0 Å². The van der Waals surface area contributed by atoms with Crippen molar-refractivity contribution in [3.63, 3.8) is 0 Å². The highest BCUT2D eigenvalue weighted by atomic mass is 35.5. The van der Waals surface area contributed by atoms with Crippen molar-refractivity contribution >= 4 is 40.7 Å². The fraction of sp³-hybridized carbons (Fsp3) is 0.167. The Bertz CT molecular complexity index is 1280. The van der Waals surface area contributed by atoms with Gasteiger partial charge in [-0.15, -0.1) is 0 Å². The predicted octanol–water partition coefficient (Wildman–Crippen LogP) is 7.30. The van der Waals surface area contributed by atoms with Crippen LogP contribution in [-0.4, -0.2) is 37.3 Å². The highest BCUT2D eigenvalue weighted by molar-refractivity contribution is 6.36. The zero-order valence-corrected chi connectivity index (χ0v) is 20.6. The maximum Gasteiger partial charge on any atom is 0.439 e. The van der Waals surface area contributed by atoms with Crippen LogP contribution in [0.1, 0.15) is 20.7 Å². The third-order valence-corrected chi connectivity index (χ3v) is 5.09. The fourth-order valence-electron chi connectivity index (χ4n) is 2.66. The van der Waals surface area contributed by atoms with Gasteiger partial charge in [0.05, 0.1) is 21.3 Å². The minimum absolute atomic E-state index is 0.0411. The van der Waals surface area contributed by atoms with Crippen molar-refractivity contribution in [2.24, 2.45) is 0 Å². The smallest absolute Gasteiger partial charge is 0.428 e. The topological polar surface area (TPSA) is 67.4 Å². The van der Waals surface area contributed by atoms with Gasteiger partial charge in [0.15, 0.2) is 0 Å². The second-order valence-electron chi connectivity index (χ2n) is 7.21. The van der Waals surface area contributed by atoms with Crippen molar-refractivity contribution in [3.05, 3.63) is 93.7 Å². The Hall–Kier alpha value is -3.51. The average Bonchev–Trinajstić information content (AvgIpc) is 2.86. The molecule has 3 rings (SSSR count). The molecule has 0 spiro atoms. The van der Waals surface area contributed by atoms with E-state index in [1.165, 1.54) is 12.1 Å². The highest BCUT2D eigenvalue weighted by Crippen LogP contribution is 2.41. The molecular weight excluding hydrogens is 568 g/mol. The molecule has 2 N–H and O–H groups in total. The second-order valence-corrected chi connectivity index (χ2v) is 8.02. The van der Waals surface area contributed by atoms with Crippen LogP contribution in [-0.2, 0) is 0 Å². The molecule has 3 aromatic carbocycles. The van der Waals surface area contributed by atoms with Crippen LogP contribution < -0.4 is 15.4 Å². The van der Waals surface area contributed by atoms with E-state index in [4.69, 9.17) is 23.2 Å². The SMILES string of the molecule is CNC(=O)c1ccccc1.O=C(Nc1cc(Cl)c(OC(F)(F)C(F)C(F)(F)F)cc1Cl)c1ccccc1F. The van der Waals surface area contributed by atoms with Gasteiger partial charge in [-0.3, -0.25) is 9.59 Å². The Labute approximate surface area is 221 Å². The van der Waals surface area contributed by atoms with Gasteiger partial charge < -0.3 is 15.4 Å². The number of ether oxygens (including phenoxy) is 1. The Morgan fingerprint density at radius 2 is 1.45 bits per heavy atom. The molecule has 0 radical (unpaired) electrons. The number of nitrogens with one attached hydrogen (secondary N) is 2. The molecule has 1 unspecified atom stereocenters. The fourth-order valence-corrected chi connectivity index (χ4v) is 3.06. The summed E-state index contributed by atoms with van der Waals surface area (Å²) >= 11 is 11.4. The quantitative estimate of drug-likeness (QED) is 0.299. The number of carbonyl (C=O) groups excluding carboxylic acids is 2. The molecule has 5 nitrogen and oxygen atoms in total. The Balaban J connectivity index is 0.000000423. The zero-order chi connectivity index (χ0) is 28.7. The monoisotopic (exact) mass is 584 g/mol. The van der Waals surface area contributed by atoms with Crippen molar-refractivity contribution in [2.45, 2.75) is 18.5 Å². The first-order valence-electron chi connectivity index (χ1n) is 10.3. The van der Waals surface area contributed by atoms with E-state index >= 15 is 0 Å². The summed E-state index contributed by atoms with van der Waals surface area (Å²) in [4.78, 5) is 22.9. The maximum absolute atomic E-state index is 13.6. The summed E-state index contributed by atoms with van der Waals surface area (Å²) in [6.45, 7) is 0. The van der Waals surface area contributed by atoms with Crippen molar-refractivity contribution in [1.82, 2.24) is 5.32 Å². The number of hydrogen-bond acceptors (Lipinski definition) is 3. The van der Waals surface area contributed by atoms with Crippen LogP contribution in [0.4, 0.5) is 36.4 Å². The van der Waals surface area contributed by atoms with E-state index in [-0.39, 0.29) is 17.2 Å². The molecule has 14 heteroatoms. The van der Waals surface area contributed by atoms with Crippen LogP contribution in [0.5, 0.6) is 5.75 Å². The van der Waals surface area contributed by atoms with Crippen molar-refractivity contribution in [3.8, 4) is 5.75 Å². The lowest BCUT2D eigenvalue weighted by Gasteiger charge is -2.24. The van der Waals surface area contributed by atoms with E-state index in [0.29, 0.717) is 11.6 Å². The lowest BCUT2D eigenvalue weighted by molar-refractivity contribution is -0.304. The van der Waals surface area contributed by atoms with Crippen LogP contribution in [0.25, 0.3) is 0 Å². The van der Waals surface area contributed by atoms with Crippen molar-refractivity contribution in [1.29, 1.82) is 0 Å². The number of halogens is 9. The lowest BCUT2D eigenvalue weighted by atomic mass is 10.2. The Morgan fingerprint density at radius 3 is 2.00 bits per heavy atom. The van der Waals surface area contributed by atoms with Crippen LogP contribution in [0.2, 0.25) is 10.0 Å². The largest absolute Gasteiger partial charge is 0.439 e. The third kappa shape index (κ3) is 8.25. The number of benzene rings is 3. The van der Waals surface area contributed by atoms with Gasteiger partial charge in [0.1, 0.15) is 11.6 Å². The highest BCUT2D eigenvalue weighted by Gasteiger charge is 2.59. The summed E-state index contributed by atoms with van der Waals surface area (Å²) in [6.07, 6.45) is -15.8. The molecule has 0 aromatic heterocycles. The number of carbonyl (C=O) groups is 2. The van der Waals surface area contributed by atoms with Gasteiger partial charge in [0.2, 0.25) is 0 Å². The summed E-state index contributed by atoms with van der Waals surface area (Å²) in [6, 6.07) is 15.3. The van der Waals surface area contributed by atoms with Gasteiger partial charge >= 0.3 is 12.3 Å². The normalized spacial score (nSPS) is 12.1. The molecular formula is C24H17Cl2F7N2O3. The minimum Gasteiger partial charge on any atom is -0.428 e. The number of hydrogen-bond donors (Lipinski definition) is 2. The van der Waals surface area contributed by atoms with Crippen molar-refractivity contribution in [2.75, 3.05) is 12.4 Å². The Kier molecular flexibility index (Phi) is 10.4. The van der Waals surface area contributed by atoms with E-state index in [1.54, 1.807) is 19.2 Å². The first-order chi connectivity index (χ1) is 17.7. The molecule has 0 fully saturated rings. The van der Waals surface area contributed by atoms with E-state index in [9.17, 15) is 40.3 Å². The molecule has 1 atom stereocenters. The number of alkyl halides is 6. The molecule has 0 aliphatic heterocycles. The molecule has 0 aliphatic carbocycles. The van der Waals surface area contributed by atoms with E-state index in [1.807, 2.05) is 18.2 Å². The van der Waals surface area contributed by atoms with Gasteiger partial charge in [-0.05, 0) is 30.3 Å². The van der Waals surface area contributed by atoms with Crippen LogP contribution in [0, 0.1) is 5.82 Å². The molecule has 0 heterocycles. The lowest BCUT2D eigenvalue weighted by Crippen LogP contribution is -2.45. The summed E-state index contributed by atoms with van der Waals surface area (Å²) in [5.41, 5.74) is 0.0557. The summed E-state index contributed by atoms with van der Waals surface area (Å²) in [7, 11) is 1.62. The van der Waals surface area contributed by atoms with E-state index < -0.39 is 46.0 Å². The number of amides is 2. The number of rotatable bonds is 6. The first-order valence-corrected chi connectivity index (χ1v) is 11.0. The molecule has 0 bridgehead atoms. The number of anilines is 1. The average molecular weight is 585 g/mol. The molecule has 38 heavy (non-hydrogen) atoms. The van der Waals surface area contributed by atoms with Gasteiger partial charge in [-0.25, -0.2) is 8.78 Å². The van der Waals surface area contributed by atoms with Crippen LogP contribution in [0.15, 0.2) is 66.7 Å². The van der Waals surface area contributed by atoms with E-state index in [0.717, 1.165) is 18.2 Å². The Morgan fingerprint density at radius 1 is 0.868 bits per heavy atom. The minimum atomic E-state index is -5.88. The summed E-state index contributed by atoms with van der Waals surface area (Å²) < 4.78 is 93.4.